The van der Waals surface area contributed by atoms with Crippen molar-refractivity contribution >= 4 is 51.9 Å². The van der Waals surface area contributed by atoms with E-state index >= 15 is 4.39 Å². The Morgan fingerprint density at radius 2 is 2.15 bits per heavy atom. The number of pyridine rings is 1. The first-order chi connectivity index (χ1) is 15.8. The number of benzene rings is 1. The zero-order valence-electron chi connectivity index (χ0n) is 17.8. The van der Waals surface area contributed by atoms with E-state index in [0.29, 0.717) is 49.7 Å². The number of halogens is 3. The van der Waals surface area contributed by atoms with Crippen LogP contribution in [0.1, 0.15) is 16.1 Å². The molecule has 0 unspecified atom stereocenters. The largest absolute Gasteiger partial charge is 0.798 e. The van der Waals surface area contributed by atoms with Crippen molar-refractivity contribution in [1.82, 2.24) is 4.40 Å². The van der Waals surface area contributed by atoms with E-state index in [0.717, 1.165) is 23.1 Å². The predicted molar refractivity (Wildman–Crippen MR) is 118 cm³/mol. The fourth-order valence-corrected chi connectivity index (χ4v) is 5.68. The summed E-state index contributed by atoms with van der Waals surface area (Å²) in [5, 5.41) is 1.68. The van der Waals surface area contributed by atoms with Crippen molar-refractivity contribution < 1.29 is 31.9 Å². The molecule has 0 aliphatic carbocycles. The van der Waals surface area contributed by atoms with Gasteiger partial charge >= 0.3 is 13.4 Å². The van der Waals surface area contributed by atoms with E-state index in [1.54, 1.807) is 23.9 Å². The summed E-state index contributed by atoms with van der Waals surface area (Å²) in [6.07, 6.45) is -0.245. The van der Waals surface area contributed by atoms with E-state index in [1.807, 2.05) is 9.80 Å². The Kier molecular flexibility index (Phi) is 5.49. The number of carbonyl (C=O) groups is 1. The number of nitrogens with zero attached hydrogens (tertiary/aromatic N) is 3. The number of aromatic nitrogens is 1. The third-order valence-corrected chi connectivity index (χ3v) is 6.90. The summed E-state index contributed by atoms with van der Waals surface area (Å²) >= 11 is 1.08. The van der Waals surface area contributed by atoms with Gasteiger partial charge in [-0.3, -0.25) is 9.20 Å². The van der Waals surface area contributed by atoms with Crippen LogP contribution in [-0.2, 0) is 20.7 Å². The van der Waals surface area contributed by atoms with Crippen molar-refractivity contribution in [3.05, 3.63) is 38.7 Å². The Hall–Kier alpha value is -2.77. The summed E-state index contributed by atoms with van der Waals surface area (Å²) in [5.74, 6) is -2.08. The molecule has 0 N–H and O–H groups in total. The highest BCUT2D eigenvalue weighted by atomic mass is 32.1. The summed E-state index contributed by atoms with van der Waals surface area (Å²) in [6.45, 7) is 1.94. The molecule has 0 bridgehead atoms. The van der Waals surface area contributed by atoms with E-state index in [2.05, 4.69) is 4.65 Å². The average molecular weight is 481 g/mol. The lowest BCUT2D eigenvalue weighted by Crippen LogP contribution is -2.45. The molecule has 3 aromatic rings. The number of hydrogen-bond donors (Lipinski definition) is 0. The Morgan fingerprint density at radius 1 is 1.36 bits per heavy atom. The molecule has 33 heavy (non-hydrogen) atoms. The molecule has 2 aromatic heterocycles. The monoisotopic (exact) mass is 481 g/mol. The van der Waals surface area contributed by atoms with Gasteiger partial charge in [-0.2, -0.15) is 0 Å². The fraction of sp³-hybridized carbons (Fsp3) is 0.400. The van der Waals surface area contributed by atoms with Crippen molar-refractivity contribution in [2.24, 2.45) is 0 Å². The lowest BCUT2D eigenvalue weighted by molar-refractivity contribution is -0.0101. The molecule has 1 atom stereocenters. The molecule has 2 aliphatic rings. The number of rotatable bonds is 5. The second kappa shape index (κ2) is 8.22. The summed E-state index contributed by atoms with van der Waals surface area (Å²) < 4.78 is 57.6. The zero-order chi connectivity index (χ0) is 23.4. The summed E-state index contributed by atoms with van der Waals surface area (Å²) in [5.41, 5.74) is 0.633. The highest BCUT2D eigenvalue weighted by molar-refractivity contribution is 7.16. The van der Waals surface area contributed by atoms with Crippen LogP contribution >= 0.6 is 11.3 Å². The number of ether oxygens (including phenoxy) is 2. The van der Waals surface area contributed by atoms with Gasteiger partial charge in [0.15, 0.2) is 0 Å². The second-order valence-corrected chi connectivity index (χ2v) is 8.80. The fourth-order valence-electron chi connectivity index (χ4n) is 4.64. The molecule has 174 valence electrons. The highest BCUT2D eigenvalue weighted by Gasteiger charge is 2.35. The Labute approximate surface area is 190 Å². The summed E-state index contributed by atoms with van der Waals surface area (Å²) in [7, 11) is -0.0163. The zero-order valence-corrected chi connectivity index (χ0v) is 18.6. The van der Waals surface area contributed by atoms with Gasteiger partial charge in [0, 0.05) is 32.6 Å². The van der Waals surface area contributed by atoms with Gasteiger partial charge < -0.3 is 23.9 Å². The third kappa shape index (κ3) is 3.45. The number of hydrogen-bond acceptors (Lipinski definition) is 8. The predicted octanol–water partition coefficient (Wildman–Crippen LogP) is 2.54. The molecule has 0 saturated carbocycles. The van der Waals surface area contributed by atoms with Crippen LogP contribution in [0.25, 0.3) is 15.7 Å². The van der Waals surface area contributed by atoms with E-state index in [-0.39, 0.29) is 16.3 Å². The molecule has 0 spiro atoms. The number of anilines is 2. The molecule has 4 heterocycles. The maximum absolute atomic E-state index is 15.6. The third-order valence-electron chi connectivity index (χ3n) is 5.90. The minimum absolute atomic E-state index is 0.0714. The molecule has 2 aliphatic heterocycles. The van der Waals surface area contributed by atoms with Crippen molar-refractivity contribution in [1.29, 1.82) is 0 Å². The van der Waals surface area contributed by atoms with Crippen molar-refractivity contribution in [3.8, 4) is 0 Å². The normalized spacial score (nSPS) is 17.9. The van der Waals surface area contributed by atoms with Crippen molar-refractivity contribution in [3.63, 3.8) is 0 Å². The van der Waals surface area contributed by atoms with Gasteiger partial charge in [0.05, 0.1) is 53.8 Å². The average Bonchev–Trinajstić information content (AvgIpc) is 3.16. The van der Waals surface area contributed by atoms with Crippen LogP contribution in [-0.4, -0.2) is 64.4 Å². The van der Waals surface area contributed by atoms with Crippen molar-refractivity contribution in [2.45, 2.75) is 12.6 Å². The first-order valence-corrected chi connectivity index (χ1v) is 11.1. The van der Waals surface area contributed by atoms with Crippen LogP contribution in [0, 0.1) is 5.82 Å². The Morgan fingerprint density at radius 3 is 2.88 bits per heavy atom. The lowest BCUT2D eigenvalue weighted by Gasteiger charge is -2.38. The van der Waals surface area contributed by atoms with Gasteiger partial charge in [-0.15, -0.1) is 11.3 Å². The van der Waals surface area contributed by atoms with Crippen LogP contribution in [0.15, 0.2) is 16.2 Å². The quantitative estimate of drug-likeness (QED) is 0.519. The Balaban J connectivity index is 1.79. The molecule has 1 saturated heterocycles. The van der Waals surface area contributed by atoms with Gasteiger partial charge in [0.1, 0.15) is 16.2 Å². The molecule has 5 rings (SSSR count). The van der Waals surface area contributed by atoms with E-state index < -0.39 is 30.2 Å². The summed E-state index contributed by atoms with van der Waals surface area (Å²) in [6, 6.07) is 1.07. The van der Waals surface area contributed by atoms with Gasteiger partial charge in [-0.25, -0.2) is 17.8 Å². The second-order valence-electron chi connectivity index (χ2n) is 7.94. The molecule has 0 amide bonds. The number of thiazole rings is 1. The van der Waals surface area contributed by atoms with Crippen LogP contribution in [0.4, 0.5) is 24.4 Å². The molecular formula is C20H19BF3N3O5S. The minimum Gasteiger partial charge on any atom is -0.474 e. The SMILES string of the molecule is COC[C@H]1CN(c2c(F)cc3c(=O)c(C(=O)OB(F)F)c4scc5n4c3c2N(C)C5)CCO1. The first-order valence-electron chi connectivity index (χ1n) is 10.2. The first kappa shape index (κ1) is 22.0. The van der Waals surface area contributed by atoms with Crippen molar-refractivity contribution in [2.75, 3.05) is 50.3 Å². The van der Waals surface area contributed by atoms with Crippen LogP contribution in [0.3, 0.4) is 0 Å². The number of carbonyl (C=O) groups excluding carboxylic acids is 1. The van der Waals surface area contributed by atoms with E-state index in [4.69, 9.17) is 9.47 Å². The van der Waals surface area contributed by atoms with Crippen LogP contribution in [0.2, 0.25) is 0 Å². The van der Waals surface area contributed by atoms with Gasteiger partial charge in [0.25, 0.3) is 0 Å². The van der Waals surface area contributed by atoms with Gasteiger partial charge in [-0.1, -0.05) is 0 Å². The smallest absolute Gasteiger partial charge is 0.474 e. The summed E-state index contributed by atoms with van der Waals surface area (Å²) in [4.78, 5) is 29.5. The van der Waals surface area contributed by atoms with Gasteiger partial charge in [-0.05, 0) is 6.07 Å². The minimum atomic E-state index is -3.37. The maximum Gasteiger partial charge on any atom is 0.798 e. The highest BCUT2D eigenvalue weighted by Crippen LogP contribution is 2.43. The molecule has 8 nitrogen and oxygen atoms in total. The standard InChI is InChI=1S/C20H19BF3N3O5S/c1-25-6-10-9-33-19-14(20(29)32-21(23)24)18(28)12-5-13(22)16(17(25)15(12)27(10)19)26-3-4-31-11(7-26)8-30-2/h5,9,11H,3-4,6-8H2,1-2H3/t11-/m1/s1. The van der Waals surface area contributed by atoms with E-state index in [1.165, 1.54) is 0 Å². The van der Waals surface area contributed by atoms with E-state index in [9.17, 15) is 18.2 Å². The molecule has 13 heteroatoms. The van der Waals surface area contributed by atoms with Gasteiger partial charge in [0.2, 0.25) is 5.43 Å². The van der Waals surface area contributed by atoms with Crippen LogP contribution < -0.4 is 15.2 Å². The molecule has 1 aromatic carbocycles. The maximum atomic E-state index is 15.6. The number of morpholine rings is 1. The van der Waals surface area contributed by atoms with Crippen LogP contribution in [0.5, 0.6) is 0 Å². The molecular weight excluding hydrogens is 462 g/mol. The lowest BCUT2D eigenvalue weighted by atomic mass is 10.0. The molecule has 1 fully saturated rings. The number of methoxy groups -OCH3 is 1. The Bertz CT molecular complexity index is 1330. The molecule has 0 radical (unpaired) electrons. The topological polar surface area (TPSA) is 72.7 Å².